The minimum atomic E-state index is -0.980. The molecule has 0 aliphatic carbocycles. The molecule has 8 heteroatoms. The Balaban J connectivity index is 1.47. The molecule has 1 aliphatic rings. The van der Waals surface area contributed by atoms with Gasteiger partial charge in [0.15, 0.2) is 12.7 Å². The zero-order valence-electron chi connectivity index (χ0n) is 16.2. The van der Waals surface area contributed by atoms with Crippen LogP contribution < -0.4 is 20.1 Å². The lowest BCUT2D eigenvalue weighted by molar-refractivity contribution is -0.155. The molecule has 0 saturated heterocycles. The predicted octanol–water partition coefficient (Wildman–Crippen LogP) is 2.53. The van der Waals surface area contributed by atoms with Gasteiger partial charge in [-0.2, -0.15) is 0 Å². The molecule has 0 fully saturated rings. The molecule has 29 heavy (non-hydrogen) atoms. The summed E-state index contributed by atoms with van der Waals surface area (Å²) in [7, 11) is 1.55. The fourth-order valence-electron chi connectivity index (χ4n) is 2.79. The highest BCUT2D eigenvalue weighted by molar-refractivity contribution is 5.95. The van der Waals surface area contributed by atoms with Gasteiger partial charge in [-0.1, -0.05) is 0 Å². The molecule has 0 saturated carbocycles. The summed E-state index contributed by atoms with van der Waals surface area (Å²) in [4.78, 5) is 35.6. The van der Waals surface area contributed by atoms with Crippen LogP contribution in [0.25, 0.3) is 0 Å². The zero-order valence-corrected chi connectivity index (χ0v) is 16.2. The van der Waals surface area contributed by atoms with Gasteiger partial charge in [0.05, 0.1) is 7.11 Å². The highest BCUT2D eigenvalue weighted by Gasteiger charge is 2.19. The third kappa shape index (κ3) is 5.47. The van der Waals surface area contributed by atoms with Gasteiger partial charge in [-0.3, -0.25) is 9.59 Å². The van der Waals surface area contributed by atoms with E-state index in [0.717, 1.165) is 11.3 Å². The lowest BCUT2D eigenvalue weighted by Crippen LogP contribution is -2.31. The van der Waals surface area contributed by atoms with Crippen molar-refractivity contribution in [1.29, 1.82) is 0 Å². The summed E-state index contributed by atoms with van der Waals surface area (Å²) in [6.45, 7) is 1.16. The second kappa shape index (κ2) is 9.09. The van der Waals surface area contributed by atoms with Crippen LogP contribution >= 0.6 is 0 Å². The third-order valence-corrected chi connectivity index (χ3v) is 4.36. The molecule has 2 aromatic carbocycles. The number of rotatable bonds is 7. The van der Waals surface area contributed by atoms with Crippen LogP contribution in [-0.4, -0.2) is 37.6 Å². The fraction of sp³-hybridized carbons (Fsp3) is 0.286. The molecule has 0 aromatic heterocycles. The maximum absolute atomic E-state index is 12.2. The molecule has 0 bridgehead atoms. The Morgan fingerprint density at radius 2 is 1.83 bits per heavy atom. The lowest BCUT2D eigenvalue weighted by Gasteiger charge is -2.18. The largest absolute Gasteiger partial charge is 0.497 e. The van der Waals surface area contributed by atoms with Crippen LogP contribution in [0.4, 0.5) is 11.4 Å². The number of aryl methyl sites for hydroxylation is 1. The first kappa shape index (κ1) is 20.2. The molecule has 3 rings (SSSR count). The van der Waals surface area contributed by atoms with E-state index in [1.165, 1.54) is 6.92 Å². The van der Waals surface area contributed by atoms with Crippen molar-refractivity contribution in [2.45, 2.75) is 25.9 Å². The van der Waals surface area contributed by atoms with Gasteiger partial charge in [0.2, 0.25) is 5.91 Å². The maximum atomic E-state index is 12.2. The summed E-state index contributed by atoms with van der Waals surface area (Å²) in [5, 5.41) is 5.44. The highest BCUT2D eigenvalue weighted by Crippen LogP contribution is 2.26. The predicted molar refractivity (Wildman–Crippen MR) is 106 cm³/mol. The quantitative estimate of drug-likeness (QED) is 0.695. The number of hydrogen-bond donors (Lipinski definition) is 2. The van der Waals surface area contributed by atoms with E-state index in [4.69, 9.17) is 14.2 Å². The van der Waals surface area contributed by atoms with E-state index in [1.807, 2.05) is 0 Å². The normalized spacial score (nSPS) is 13.5. The molecular weight excluding hydrogens is 376 g/mol. The Morgan fingerprint density at radius 1 is 1.10 bits per heavy atom. The number of ether oxygens (including phenoxy) is 3. The van der Waals surface area contributed by atoms with Crippen LogP contribution in [-0.2, 0) is 25.5 Å². The van der Waals surface area contributed by atoms with Crippen LogP contribution in [0.15, 0.2) is 42.5 Å². The summed E-state index contributed by atoms with van der Waals surface area (Å²) >= 11 is 0. The Bertz CT molecular complexity index is 910. The van der Waals surface area contributed by atoms with E-state index in [0.29, 0.717) is 30.0 Å². The van der Waals surface area contributed by atoms with Crippen molar-refractivity contribution in [3.63, 3.8) is 0 Å². The van der Waals surface area contributed by atoms with E-state index in [-0.39, 0.29) is 12.5 Å². The maximum Gasteiger partial charge on any atom is 0.344 e. The van der Waals surface area contributed by atoms with E-state index < -0.39 is 18.0 Å². The van der Waals surface area contributed by atoms with E-state index in [9.17, 15) is 14.4 Å². The third-order valence-electron chi connectivity index (χ3n) is 4.36. The summed E-state index contributed by atoms with van der Waals surface area (Å²) < 4.78 is 15.6. The SMILES string of the molecule is COc1ccc(NC(=O)C(C)OC(=O)COc2ccc3c(c2)CCC(=O)N3)cc1. The van der Waals surface area contributed by atoms with Crippen LogP contribution in [0.3, 0.4) is 0 Å². The molecule has 2 N–H and O–H groups in total. The molecule has 2 aromatic rings. The minimum absolute atomic E-state index is 0.0170. The van der Waals surface area contributed by atoms with E-state index in [1.54, 1.807) is 49.6 Å². The van der Waals surface area contributed by atoms with Crippen molar-refractivity contribution in [1.82, 2.24) is 0 Å². The van der Waals surface area contributed by atoms with Crippen LogP contribution in [0.2, 0.25) is 0 Å². The summed E-state index contributed by atoms with van der Waals surface area (Å²) in [6, 6.07) is 12.0. The number of anilines is 2. The number of amides is 2. The first-order valence-electron chi connectivity index (χ1n) is 9.14. The second-order valence-corrected chi connectivity index (χ2v) is 6.51. The van der Waals surface area contributed by atoms with Crippen LogP contribution in [0.1, 0.15) is 18.9 Å². The molecule has 1 atom stereocenters. The summed E-state index contributed by atoms with van der Waals surface area (Å²) in [5.41, 5.74) is 2.26. The van der Waals surface area contributed by atoms with Crippen molar-refractivity contribution in [3.8, 4) is 11.5 Å². The summed E-state index contributed by atoms with van der Waals surface area (Å²) in [6.07, 6.45) is 0.0528. The van der Waals surface area contributed by atoms with Crippen molar-refractivity contribution in [2.75, 3.05) is 24.4 Å². The molecule has 1 aliphatic heterocycles. The minimum Gasteiger partial charge on any atom is -0.497 e. The number of carbonyl (C=O) groups excluding carboxylic acids is 3. The monoisotopic (exact) mass is 398 g/mol. The van der Waals surface area contributed by atoms with Gasteiger partial charge in [0, 0.05) is 17.8 Å². The molecule has 1 unspecified atom stereocenters. The average molecular weight is 398 g/mol. The smallest absolute Gasteiger partial charge is 0.344 e. The molecule has 2 amide bonds. The highest BCUT2D eigenvalue weighted by atomic mass is 16.6. The Labute approximate surface area is 168 Å². The molecule has 1 heterocycles. The number of carbonyl (C=O) groups is 3. The molecule has 0 spiro atoms. The van der Waals surface area contributed by atoms with Gasteiger partial charge < -0.3 is 24.8 Å². The molecule has 0 radical (unpaired) electrons. The van der Waals surface area contributed by atoms with Gasteiger partial charge in [-0.15, -0.1) is 0 Å². The average Bonchev–Trinajstić information content (AvgIpc) is 2.72. The number of benzene rings is 2. The number of hydrogen-bond acceptors (Lipinski definition) is 6. The van der Waals surface area contributed by atoms with Gasteiger partial charge in [0.1, 0.15) is 11.5 Å². The van der Waals surface area contributed by atoms with Gasteiger partial charge in [0.25, 0.3) is 5.91 Å². The molecule has 8 nitrogen and oxygen atoms in total. The zero-order chi connectivity index (χ0) is 20.8. The first-order valence-corrected chi connectivity index (χ1v) is 9.14. The van der Waals surface area contributed by atoms with Crippen LogP contribution in [0, 0.1) is 0 Å². The Kier molecular flexibility index (Phi) is 6.33. The topological polar surface area (TPSA) is 103 Å². The Morgan fingerprint density at radius 3 is 2.55 bits per heavy atom. The number of nitrogens with one attached hydrogen (secondary N) is 2. The summed E-state index contributed by atoms with van der Waals surface area (Å²) in [5.74, 6) is 0.0365. The number of fused-ring (bicyclic) bond motifs is 1. The fourth-order valence-corrected chi connectivity index (χ4v) is 2.79. The van der Waals surface area contributed by atoms with E-state index in [2.05, 4.69) is 10.6 Å². The molecule has 152 valence electrons. The standard InChI is InChI=1S/C21H22N2O6/c1-13(21(26)22-15-4-6-16(27-2)7-5-15)29-20(25)12-28-17-8-9-18-14(11-17)3-10-19(24)23-18/h4-9,11,13H,3,10,12H2,1-2H3,(H,22,26)(H,23,24). The lowest BCUT2D eigenvalue weighted by atomic mass is 10.0. The van der Waals surface area contributed by atoms with Crippen molar-refractivity contribution >= 4 is 29.2 Å². The van der Waals surface area contributed by atoms with Crippen molar-refractivity contribution in [3.05, 3.63) is 48.0 Å². The number of esters is 1. The first-order chi connectivity index (χ1) is 13.9. The number of methoxy groups -OCH3 is 1. The van der Waals surface area contributed by atoms with Crippen molar-refractivity contribution in [2.24, 2.45) is 0 Å². The second-order valence-electron chi connectivity index (χ2n) is 6.51. The van der Waals surface area contributed by atoms with E-state index >= 15 is 0 Å². The molecular formula is C21H22N2O6. The van der Waals surface area contributed by atoms with Gasteiger partial charge in [-0.05, 0) is 61.4 Å². The van der Waals surface area contributed by atoms with Crippen molar-refractivity contribution < 1.29 is 28.6 Å². The van der Waals surface area contributed by atoms with Gasteiger partial charge >= 0.3 is 5.97 Å². The van der Waals surface area contributed by atoms with Gasteiger partial charge in [-0.25, -0.2) is 4.79 Å². The van der Waals surface area contributed by atoms with Crippen LogP contribution in [0.5, 0.6) is 11.5 Å². The Hall–Kier alpha value is -3.55.